The molecule has 0 radical (unpaired) electrons. The Balaban J connectivity index is 1.77. The zero-order valence-corrected chi connectivity index (χ0v) is 16.6. The van der Waals surface area contributed by atoms with Gasteiger partial charge in [0.25, 0.3) is 5.91 Å². The molecular weight excluding hydrogens is 398 g/mol. The topological polar surface area (TPSA) is 154 Å². The molecule has 0 saturated heterocycles. The van der Waals surface area contributed by atoms with Crippen LogP contribution < -0.4 is 10.6 Å². The van der Waals surface area contributed by atoms with Gasteiger partial charge in [-0.15, -0.1) is 0 Å². The van der Waals surface area contributed by atoms with Gasteiger partial charge in [0.05, 0.1) is 11.3 Å². The summed E-state index contributed by atoms with van der Waals surface area (Å²) in [5.74, 6) is -0.721. The Labute approximate surface area is 169 Å². The van der Waals surface area contributed by atoms with E-state index in [1.807, 2.05) is 0 Å². The molecule has 1 aromatic heterocycles. The predicted octanol–water partition coefficient (Wildman–Crippen LogP) is 2.67. The quantitative estimate of drug-likeness (QED) is 0.351. The van der Waals surface area contributed by atoms with Gasteiger partial charge in [-0.25, -0.2) is 0 Å². The molecule has 2 aromatic rings. The summed E-state index contributed by atoms with van der Waals surface area (Å²) < 4.78 is 19.6. The SMILES string of the molecule is CN(C)C(=O)c1cccc(Nc2n[s+]([O-])nc2NCC2C=C(O)C(O)=CC2)c1O. The lowest BCUT2D eigenvalue weighted by atomic mass is 9.99. The van der Waals surface area contributed by atoms with Crippen molar-refractivity contribution in [2.75, 3.05) is 31.3 Å². The molecule has 154 valence electrons. The number of aliphatic hydroxyl groups is 2. The third kappa shape index (κ3) is 4.58. The molecule has 1 aromatic carbocycles. The zero-order chi connectivity index (χ0) is 21.1. The molecule has 1 aliphatic carbocycles. The Morgan fingerprint density at radius 2 is 1.97 bits per heavy atom. The predicted molar refractivity (Wildman–Crippen MR) is 108 cm³/mol. The molecule has 1 aliphatic rings. The smallest absolute Gasteiger partial charge is 0.257 e. The standard InChI is InChI=1S/C18H21N5O5S/c1-23(2)18(27)11-4-3-5-12(15(11)26)20-17-16(21-29(28)22-17)19-9-10-6-7-13(24)14(25)8-10/h3-5,7-8,10,24-26H,6,9H2,1-2H3,(H,19,21)(H,20,22). The average Bonchev–Trinajstić information content (AvgIpc) is 3.03. The summed E-state index contributed by atoms with van der Waals surface area (Å²) in [6.07, 6.45) is 3.53. The van der Waals surface area contributed by atoms with Gasteiger partial charge >= 0.3 is 0 Å². The Kier molecular flexibility index (Phi) is 5.89. The fourth-order valence-corrected chi connectivity index (χ4v) is 3.40. The molecule has 2 atom stereocenters. The van der Waals surface area contributed by atoms with Crippen LogP contribution in [0.3, 0.4) is 0 Å². The maximum atomic E-state index is 12.2. The van der Waals surface area contributed by atoms with E-state index >= 15 is 0 Å². The molecule has 0 spiro atoms. The number of aliphatic hydroxyl groups excluding tert-OH is 2. The summed E-state index contributed by atoms with van der Waals surface area (Å²) in [5.41, 5.74) is 0.327. The van der Waals surface area contributed by atoms with Gasteiger partial charge < -0.3 is 35.4 Å². The van der Waals surface area contributed by atoms with Gasteiger partial charge in [-0.2, -0.15) is 0 Å². The number of carbonyl (C=O) groups excluding carboxylic acids is 1. The lowest BCUT2D eigenvalue weighted by Crippen LogP contribution is -2.21. The monoisotopic (exact) mass is 419 g/mol. The highest BCUT2D eigenvalue weighted by Gasteiger charge is 2.22. The Morgan fingerprint density at radius 1 is 1.24 bits per heavy atom. The maximum Gasteiger partial charge on any atom is 0.257 e. The van der Waals surface area contributed by atoms with Crippen LogP contribution in [-0.4, -0.2) is 60.1 Å². The van der Waals surface area contributed by atoms with Crippen molar-refractivity contribution in [3.05, 3.63) is 47.4 Å². The number of benzene rings is 1. The van der Waals surface area contributed by atoms with Crippen molar-refractivity contribution in [3.8, 4) is 5.75 Å². The molecule has 0 bridgehead atoms. The Morgan fingerprint density at radius 3 is 2.66 bits per heavy atom. The van der Waals surface area contributed by atoms with E-state index < -0.39 is 11.1 Å². The number of carbonyl (C=O) groups is 1. The van der Waals surface area contributed by atoms with E-state index in [0.717, 1.165) is 0 Å². The first-order valence-corrected chi connectivity index (χ1v) is 9.77. The highest BCUT2D eigenvalue weighted by molar-refractivity contribution is 7.14. The number of hydrogen-bond acceptors (Lipinski definition) is 9. The second-order valence-corrected chi connectivity index (χ2v) is 7.48. The molecule has 5 N–H and O–H groups in total. The van der Waals surface area contributed by atoms with Gasteiger partial charge in [0.2, 0.25) is 11.6 Å². The number of phenolic OH excluding ortho intramolecular Hbond substituents is 1. The van der Waals surface area contributed by atoms with E-state index in [4.69, 9.17) is 0 Å². The van der Waals surface area contributed by atoms with E-state index in [2.05, 4.69) is 19.4 Å². The van der Waals surface area contributed by atoms with Crippen LogP contribution in [0.2, 0.25) is 0 Å². The lowest BCUT2D eigenvalue weighted by molar-refractivity contribution is 0.0824. The molecule has 0 fully saturated rings. The van der Waals surface area contributed by atoms with E-state index in [-0.39, 0.29) is 52.0 Å². The maximum absolute atomic E-state index is 12.2. The van der Waals surface area contributed by atoms with Crippen molar-refractivity contribution in [2.24, 2.45) is 5.92 Å². The van der Waals surface area contributed by atoms with Crippen molar-refractivity contribution in [1.29, 1.82) is 0 Å². The number of nitrogens with one attached hydrogen (secondary N) is 2. The fraction of sp³-hybridized carbons (Fsp3) is 0.278. The summed E-state index contributed by atoms with van der Waals surface area (Å²) in [6, 6.07) is 4.65. The lowest BCUT2D eigenvalue weighted by Gasteiger charge is -2.16. The molecule has 1 heterocycles. The molecule has 1 amide bonds. The number of anilines is 3. The average molecular weight is 419 g/mol. The number of aromatic nitrogens is 2. The highest BCUT2D eigenvalue weighted by atomic mass is 32.2. The van der Waals surface area contributed by atoms with Crippen molar-refractivity contribution in [1.82, 2.24) is 13.6 Å². The third-order valence-electron chi connectivity index (χ3n) is 4.29. The number of aromatic hydroxyl groups is 1. The number of nitrogens with zero attached hydrogens (tertiary/aromatic N) is 3. The first-order valence-electron chi connectivity index (χ1n) is 8.71. The van der Waals surface area contributed by atoms with Crippen molar-refractivity contribution < 1.29 is 24.7 Å². The van der Waals surface area contributed by atoms with Crippen LogP contribution in [0.4, 0.5) is 17.3 Å². The van der Waals surface area contributed by atoms with E-state index in [1.165, 1.54) is 23.1 Å². The van der Waals surface area contributed by atoms with Gasteiger partial charge in [0, 0.05) is 35.3 Å². The molecule has 29 heavy (non-hydrogen) atoms. The molecule has 10 nitrogen and oxygen atoms in total. The van der Waals surface area contributed by atoms with Gasteiger partial charge in [0.1, 0.15) is 0 Å². The number of allylic oxidation sites excluding steroid dienone is 1. The van der Waals surface area contributed by atoms with E-state index in [0.29, 0.717) is 13.0 Å². The minimum absolute atomic E-state index is 0.112. The molecule has 2 unspecified atom stereocenters. The second kappa shape index (κ2) is 8.37. The fourth-order valence-electron chi connectivity index (χ4n) is 2.76. The van der Waals surface area contributed by atoms with E-state index in [1.54, 1.807) is 26.2 Å². The normalized spacial score (nSPS) is 16.7. The van der Waals surface area contributed by atoms with E-state index in [9.17, 15) is 24.7 Å². The largest absolute Gasteiger partial charge is 0.546 e. The first kappa shape index (κ1) is 20.4. The van der Waals surface area contributed by atoms with Gasteiger partial charge in [-0.1, -0.05) is 6.07 Å². The molecule has 0 aliphatic heterocycles. The molecular formula is C18H21N5O5S. The van der Waals surface area contributed by atoms with Crippen LogP contribution in [-0.2, 0) is 0 Å². The zero-order valence-electron chi connectivity index (χ0n) is 15.8. The number of phenols is 1. The van der Waals surface area contributed by atoms with Crippen LogP contribution >= 0.6 is 11.1 Å². The summed E-state index contributed by atoms with van der Waals surface area (Å²) in [7, 11) is 3.15. The number of amides is 1. The first-order chi connectivity index (χ1) is 13.8. The number of hydrogen-bond donors (Lipinski definition) is 5. The second-order valence-electron chi connectivity index (χ2n) is 6.65. The minimum atomic E-state index is -1.83. The minimum Gasteiger partial charge on any atom is -0.546 e. The summed E-state index contributed by atoms with van der Waals surface area (Å²) >= 11 is -1.83. The van der Waals surface area contributed by atoms with Crippen LogP contribution in [0.1, 0.15) is 16.8 Å². The summed E-state index contributed by atoms with van der Waals surface area (Å²) in [5, 5.41) is 35.3. The van der Waals surface area contributed by atoms with Crippen molar-refractivity contribution >= 4 is 34.4 Å². The molecule has 11 heteroatoms. The van der Waals surface area contributed by atoms with Gasteiger partial charge in [-0.05, 0) is 30.7 Å². The highest BCUT2D eigenvalue weighted by Crippen LogP contribution is 2.34. The number of para-hydroxylation sites is 1. The summed E-state index contributed by atoms with van der Waals surface area (Å²) in [4.78, 5) is 13.5. The van der Waals surface area contributed by atoms with Gasteiger partial charge in [0.15, 0.2) is 28.4 Å². The van der Waals surface area contributed by atoms with Crippen molar-refractivity contribution in [2.45, 2.75) is 6.42 Å². The number of rotatable bonds is 6. The summed E-state index contributed by atoms with van der Waals surface area (Å²) in [6.45, 7) is 0.343. The van der Waals surface area contributed by atoms with Crippen LogP contribution in [0.5, 0.6) is 5.75 Å². The van der Waals surface area contributed by atoms with Crippen LogP contribution in [0.25, 0.3) is 0 Å². The molecule has 3 rings (SSSR count). The Bertz CT molecular complexity index is 985. The van der Waals surface area contributed by atoms with Crippen LogP contribution in [0.15, 0.2) is 41.9 Å². The van der Waals surface area contributed by atoms with Crippen molar-refractivity contribution in [3.63, 3.8) is 0 Å². The molecule has 0 saturated carbocycles. The Hall–Kier alpha value is -3.31. The van der Waals surface area contributed by atoms with Gasteiger partial charge in [-0.3, -0.25) is 4.79 Å². The van der Waals surface area contributed by atoms with Crippen LogP contribution in [0, 0.1) is 5.92 Å². The third-order valence-corrected chi connectivity index (χ3v) is 4.97.